The second kappa shape index (κ2) is 6.00. The summed E-state index contributed by atoms with van der Waals surface area (Å²) < 4.78 is 14.3. The van der Waals surface area contributed by atoms with E-state index in [0.29, 0.717) is 5.56 Å². The zero-order valence-electron chi connectivity index (χ0n) is 10.1. The molecule has 0 radical (unpaired) electrons. The molecule has 102 valence electrons. The second-order valence-corrected chi connectivity index (χ2v) is 5.10. The van der Waals surface area contributed by atoms with Gasteiger partial charge in [-0.25, -0.2) is 9.18 Å². The van der Waals surface area contributed by atoms with Crippen molar-refractivity contribution in [2.45, 2.75) is 0 Å². The van der Waals surface area contributed by atoms with Gasteiger partial charge in [0.2, 0.25) is 0 Å². The maximum atomic E-state index is 13.5. The molecule has 1 amide bonds. The van der Waals surface area contributed by atoms with E-state index in [2.05, 4.69) is 5.32 Å². The van der Waals surface area contributed by atoms with E-state index < -0.39 is 17.3 Å². The number of nitrogens with one attached hydrogen (secondary N) is 1. The molecule has 0 aromatic heterocycles. The highest BCUT2D eigenvalue weighted by Gasteiger charge is 2.13. The summed E-state index contributed by atoms with van der Waals surface area (Å²) >= 11 is 2.03. The van der Waals surface area contributed by atoms with E-state index in [1.165, 1.54) is 6.07 Å². The Morgan fingerprint density at radius 3 is 2.40 bits per heavy atom. The number of carboxylic acids is 1. The second-order valence-electron chi connectivity index (χ2n) is 3.93. The predicted molar refractivity (Wildman–Crippen MR) is 80.5 cm³/mol. The Kier molecular flexibility index (Phi) is 4.33. The number of benzene rings is 2. The standard InChI is InChI=1S/C14H9FINO3/c15-11-7-8(5-6-9(11)14(19)20)17-13(18)10-3-1-2-4-12(10)16/h1-7H,(H,17,18)(H,19,20). The molecule has 0 saturated heterocycles. The molecule has 0 aliphatic rings. The summed E-state index contributed by atoms with van der Waals surface area (Å²) in [5.74, 6) is -2.62. The van der Waals surface area contributed by atoms with E-state index in [4.69, 9.17) is 5.11 Å². The molecule has 0 saturated carbocycles. The largest absolute Gasteiger partial charge is 0.478 e. The molecule has 0 aliphatic heterocycles. The van der Waals surface area contributed by atoms with Crippen LogP contribution in [0, 0.1) is 9.39 Å². The number of carbonyl (C=O) groups is 2. The van der Waals surface area contributed by atoms with Crippen molar-refractivity contribution in [1.82, 2.24) is 0 Å². The fourth-order valence-electron chi connectivity index (χ4n) is 1.61. The van der Waals surface area contributed by atoms with E-state index in [9.17, 15) is 14.0 Å². The van der Waals surface area contributed by atoms with Crippen LogP contribution >= 0.6 is 22.6 Å². The zero-order chi connectivity index (χ0) is 14.7. The minimum Gasteiger partial charge on any atom is -0.478 e. The van der Waals surface area contributed by atoms with Crippen molar-refractivity contribution in [2.75, 3.05) is 5.32 Å². The lowest BCUT2D eigenvalue weighted by Gasteiger charge is -2.07. The Labute approximate surface area is 127 Å². The maximum Gasteiger partial charge on any atom is 0.338 e. The van der Waals surface area contributed by atoms with Crippen LogP contribution in [-0.4, -0.2) is 17.0 Å². The van der Waals surface area contributed by atoms with Gasteiger partial charge in [0.05, 0.1) is 11.1 Å². The van der Waals surface area contributed by atoms with Gasteiger partial charge in [0.15, 0.2) is 0 Å². The number of halogens is 2. The van der Waals surface area contributed by atoms with Gasteiger partial charge in [-0.15, -0.1) is 0 Å². The number of carboxylic acid groups (broad SMARTS) is 1. The minimum atomic E-state index is -1.35. The highest BCUT2D eigenvalue weighted by atomic mass is 127. The van der Waals surface area contributed by atoms with Gasteiger partial charge >= 0.3 is 5.97 Å². The summed E-state index contributed by atoms with van der Waals surface area (Å²) in [6, 6.07) is 10.4. The summed E-state index contributed by atoms with van der Waals surface area (Å²) in [5.41, 5.74) is 0.241. The van der Waals surface area contributed by atoms with Crippen LogP contribution in [0.4, 0.5) is 10.1 Å². The smallest absolute Gasteiger partial charge is 0.338 e. The van der Waals surface area contributed by atoms with Gasteiger partial charge in [0.1, 0.15) is 5.82 Å². The SMILES string of the molecule is O=C(O)c1ccc(NC(=O)c2ccccc2I)cc1F. The van der Waals surface area contributed by atoms with Crippen LogP contribution in [0.5, 0.6) is 0 Å². The Bertz CT molecular complexity index is 688. The Hall–Kier alpha value is -1.96. The molecule has 0 atom stereocenters. The molecule has 2 rings (SSSR count). The van der Waals surface area contributed by atoms with Gasteiger partial charge < -0.3 is 10.4 Å². The van der Waals surface area contributed by atoms with Gasteiger partial charge in [-0.05, 0) is 52.9 Å². The highest BCUT2D eigenvalue weighted by Crippen LogP contribution is 2.17. The van der Waals surface area contributed by atoms with E-state index >= 15 is 0 Å². The van der Waals surface area contributed by atoms with Gasteiger partial charge in [0.25, 0.3) is 5.91 Å². The maximum absolute atomic E-state index is 13.5. The van der Waals surface area contributed by atoms with Crippen molar-refractivity contribution in [2.24, 2.45) is 0 Å². The summed E-state index contributed by atoms with van der Waals surface area (Å²) in [4.78, 5) is 22.7. The van der Waals surface area contributed by atoms with Gasteiger partial charge in [-0.3, -0.25) is 4.79 Å². The number of rotatable bonds is 3. The Morgan fingerprint density at radius 2 is 1.80 bits per heavy atom. The van der Waals surface area contributed by atoms with E-state index in [0.717, 1.165) is 15.7 Å². The van der Waals surface area contributed by atoms with Crippen LogP contribution in [-0.2, 0) is 0 Å². The van der Waals surface area contributed by atoms with Crippen molar-refractivity contribution in [1.29, 1.82) is 0 Å². The third kappa shape index (κ3) is 3.13. The average molecular weight is 385 g/mol. The molecule has 2 aromatic rings. The Balaban J connectivity index is 2.23. The first-order chi connectivity index (χ1) is 9.49. The average Bonchev–Trinajstić information content (AvgIpc) is 2.38. The van der Waals surface area contributed by atoms with Crippen LogP contribution in [0.2, 0.25) is 0 Å². The molecule has 0 heterocycles. The molecule has 2 aromatic carbocycles. The number of aromatic carboxylic acids is 1. The van der Waals surface area contributed by atoms with Crippen LogP contribution in [0.25, 0.3) is 0 Å². The highest BCUT2D eigenvalue weighted by molar-refractivity contribution is 14.1. The first-order valence-electron chi connectivity index (χ1n) is 5.58. The van der Waals surface area contributed by atoms with E-state index in [1.54, 1.807) is 24.3 Å². The fourth-order valence-corrected chi connectivity index (χ4v) is 2.24. The molecule has 0 aliphatic carbocycles. The van der Waals surface area contributed by atoms with Gasteiger partial charge in [-0.2, -0.15) is 0 Å². The van der Waals surface area contributed by atoms with Gasteiger partial charge in [-0.1, -0.05) is 12.1 Å². The van der Waals surface area contributed by atoms with E-state index in [-0.39, 0.29) is 11.6 Å². The van der Waals surface area contributed by atoms with Crippen molar-refractivity contribution in [3.63, 3.8) is 0 Å². The third-order valence-electron chi connectivity index (χ3n) is 2.58. The normalized spacial score (nSPS) is 10.1. The number of carbonyl (C=O) groups excluding carboxylic acids is 1. The van der Waals surface area contributed by atoms with Crippen molar-refractivity contribution in [3.05, 3.63) is 63.0 Å². The van der Waals surface area contributed by atoms with Crippen LogP contribution < -0.4 is 5.32 Å². The minimum absolute atomic E-state index is 0.206. The molecule has 4 nitrogen and oxygen atoms in total. The number of anilines is 1. The molecule has 0 bridgehead atoms. The monoisotopic (exact) mass is 385 g/mol. The lowest BCUT2D eigenvalue weighted by molar-refractivity contribution is 0.0692. The molecule has 0 fully saturated rings. The molecule has 2 N–H and O–H groups in total. The van der Waals surface area contributed by atoms with Gasteiger partial charge in [0, 0.05) is 9.26 Å². The van der Waals surface area contributed by atoms with Crippen molar-refractivity contribution in [3.8, 4) is 0 Å². The number of hydrogen-bond acceptors (Lipinski definition) is 2. The summed E-state index contributed by atoms with van der Waals surface area (Å²) in [6.07, 6.45) is 0. The Morgan fingerprint density at radius 1 is 1.10 bits per heavy atom. The topological polar surface area (TPSA) is 66.4 Å². The van der Waals surface area contributed by atoms with Crippen LogP contribution in [0.15, 0.2) is 42.5 Å². The first kappa shape index (κ1) is 14.4. The predicted octanol–water partition coefficient (Wildman–Crippen LogP) is 3.38. The van der Waals surface area contributed by atoms with Crippen molar-refractivity contribution >= 4 is 40.2 Å². The molecule has 0 unspecified atom stereocenters. The van der Waals surface area contributed by atoms with E-state index in [1.807, 2.05) is 22.6 Å². The zero-order valence-corrected chi connectivity index (χ0v) is 12.2. The molecular weight excluding hydrogens is 376 g/mol. The number of amides is 1. The summed E-state index contributed by atoms with van der Waals surface area (Å²) in [7, 11) is 0. The van der Waals surface area contributed by atoms with Crippen LogP contribution in [0.3, 0.4) is 0 Å². The molecule has 0 spiro atoms. The molecular formula is C14H9FINO3. The van der Waals surface area contributed by atoms with Crippen LogP contribution in [0.1, 0.15) is 20.7 Å². The molecule has 20 heavy (non-hydrogen) atoms. The summed E-state index contributed by atoms with van der Waals surface area (Å²) in [6.45, 7) is 0. The number of hydrogen-bond donors (Lipinski definition) is 2. The lowest BCUT2D eigenvalue weighted by atomic mass is 10.1. The summed E-state index contributed by atoms with van der Waals surface area (Å²) in [5, 5.41) is 11.3. The van der Waals surface area contributed by atoms with Crippen molar-refractivity contribution < 1.29 is 19.1 Å². The first-order valence-corrected chi connectivity index (χ1v) is 6.65. The molecule has 6 heteroatoms. The lowest BCUT2D eigenvalue weighted by Crippen LogP contribution is -2.14. The third-order valence-corrected chi connectivity index (χ3v) is 3.52. The fraction of sp³-hybridized carbons (Fsp3) is 0. The quantitative estimate of drug-likeness (QED) is 0.797.